The fourth-order valence-corrected chi connectivity index (χ4v) is 3.09. The van der Waals surface area contributed by atoms with E-state index >= 15 is 0 Å². The number of amides is 1. The highest BCUT2D eigenvalue weighted by Gasteiger charge is 2.29. The Balaban J connectivity index is 0.00000242. The number of nitrogens with one attached hydrogen (secondary N) is 2. The van der Waals surface area contributed by atoms with Gasteiger partial charge in [0.1, 0.15) is 0 Å². The highest BCUT2D eigenvalue weighted by Crippen LogP contribution is 2.27. The summed E-state index contributed by atoms with van der Waals surface area (Å²) in [6.45, 7) is 8.49. The molecular weight excluding hydrogens is 296 g/mol. The van der Waals surface area contributed by atoms with Crippen molar-refractivity contribution in [2.45, 2.75) is 45.6 Å². The molecule has 0 saturated carbocycles. The number of hydrogen-bond donors (Lipinski definition) is 2. The monoisotopic (exact) mass is 324 g/mol. The SMILES string of the molecule is CCC(C)C(C(=O)NC1CNCCC1C)c1ccccc1.Cl. The number of carbonyl (C=O) groups excluding carboxylic acids is 1. The molecular formula is C18H29ClN2O. The van der Waals surface area contributed by atoms with Crippen LogP contribution in [0.4, 0.5) is 0 Å². The van der Waals surface area contributed by atoms with Crippen LogP contribution >= 0.6 is 12.4 Å². The predicted molar refractivity (Wildman–Crippen MR) is 94.5 cm³/mol. The maximum Gasteiger partial charge on any atom is 0.228 e. The summed E-state index contributed by atoms with van der Waals surface area (Å²) in [6.07, 6.45) is 2.13. The minimum Gasteiger partial charge on any atom is -0.351 e. The fraction of sp³-hybridized carbons (Fsp3) is 0.611. The van der Waals surface area contributed by atoms with Gasteiger partial charge < -0.3 is 10.6 Å². The highest BCUT2D eigenvalue weighted by atomic mass is 35.5. The van der Waals surface area contributed by atoms with Crippen LogP contribution in [-0.4, -0.2) is 25.0 Å². The van der Waals surface area contributed by atoms with E-state index < -0.39 is 0 Å². The summed E-state index contributed by atoms with van der Waals surface area (Å²) in [5.74, 6) is 1.02. The van der Waals surface area contributed by atoms with Gasteiger partial charge in [-0.1, -0.05) is 57.5 Å². The number of hydrogen-bond acceptors (Lipinski definition) is 2. The topological polar surface area (TPSA) is 41.1 Å². The van der Waals surface area contributed by atoms with E-state index in [1.165, 1.54) is 0 Å². The Morgan fingerprint density at radius 3 is 2.64 bits per heavy atom. The summed E-state index contributed by atoms with van der Waals surface area (Å²) in [5, 5.41) is 6.66. The second-order valence-electron chi connectivity index (χ2n) is 6.36. The third-order valence-corrected chi connectivity index (χ3v) is 4.81. The van der Waals surface area contributed by atoms with Crippen LogP contribution in [0, 0.1) is 11.8 Å². The first-order chi connectivity index (χ1) is 10.1. The molecule has 0 bridgehead atoms. The normalized spacial score (nSPS) is 24.0. The standard InChI is InChI=1S/C18H28N2O.ClH/c1-4-13(2)17(15-8-6-5-7-9-15)18(21)20-16-12-19-11-10-14(16)3;/h5-9,13-14,16-17,19H,4,10-12H2,1-3H3,(H,20,21);1H. The van der Waals surface area contributed by atoms with Gasteiger partial charge in [0.15, 0.2) is 0 Å². The van der Waals surface area contributed by atoms with Crippen molar-refractivity contribution in [3.8, 4) is 0 Å². The van der Waals surface area contributed by atoms with Gasteiger partial charge in [0.05, 0.1) is 5.92 Å². The molecule has 2 N–H and O–H groups in total. The van der Waals surface area contributed by atoms with Crippen molar-refractivity contribution >= 4 is 18.3 Å². The lowest BCUT2D eigenvalue weighted by atomic mass is 9.84. The van der Waals surface area contributed by atoms with Crippen molar-refractivity contribution in [1.82, 2.24) is 10.6 Å². The van der Waals surface area contributed by atoms with Crippen LogP contribution in [0.5, 0.6) is 0 Å². The summed E-state index contributed by atoms with van der Waals surface area (Å²) < 4.78 is 0. The Bertz CT molecular complexity index is 452. The molecule has 1 aromatic rings. The summed E-state index contributed by atoms with van der Waals surface area (Å²) in [6, 6.07) is 10.4. The Kier molecular flexibility index (Phi) is 7.91. The average Bonchev–Trinajstić information content (AvgIpc) is 2.50. The summed E-state index contributed by atoms with van der Waals surface area (Å²) >= 11 is 0. The summed E-state index contributed by atoms with van der Waals surface area (Å²) in [7, 11) is 0. The van der Waals surface area contributed by atoms with Crippen LogP contribution in [-0.2, 0) is 4.79 Å². The number of piperidine rings is 1. The van der Waals surface area contributed by atoms with Crippen molar-refractivity contribution in [3.63, 3.8) is 0 Å². The first-order valence-electron chi connectivity index (χ1n) is 8.19. The van der Waals surface area contributed by atoms with Crippen LogP contribution in [0.3, 0.4) is 0 Å². The van der Waals surface area contributed by atoms with E-state index in [-0.39, 0.29) is 30.3 Å². The number of benzene rings is 1. The van der Waals surface area contributed by atoms with E-state index in [0.717, 1.165) is 31.5 Å². The molecule has 22 heavy (non-hydrogen) atoms. The zero-order valence-electron chi connectivity index (χ0n) is 13.8. The van der Waals surface area contributed by atoms with Crippen LogP contribution in [0.25, 0.3) is 0 Å². The van der Waals surface area contributed by atoms with Gasteiger partial charge in [-0.15, -0.1) is 12.4 Å². The Labute approximate surface area is 140 Å². The molecule has 1 aromatic carbocycles. The third kappa shape index (κ3) is 4.72. The summed E-state index contributed by atoms with van der Waals surface area (Å²) in [4.78, 5) is 12.8. The molecule has 1 aliphatic heterocycles. The first kappa shape index (κ1) is 19.0. The van der Waals surface area contributed by atoms with Crippen LogP contribution in [0.1, 0.15) is 45.1 Å². The van der Waals surface area contributed by atoms with Gasteiger partial charge in [0, 0.05) is 12.6 Å². The zero-order chi connectivity index (χ0) is 15.2. The smallest absolute Gasteiger partial charge is 0.228 e. The molecule has 1 heterocycles. The molecule has 0 aromatic heterocycles. The van der Waals surface area contributed by atoms with E-state index in [9.17, 15) is 4.79 Å². The molecule has 2 rings (SSSR count). The zero-order valence-corrected chi connectivity index (χ0v) is 14.7. The molecule has 0 aliphatic carbocycles. The molecule has 1 amide bonds. The van der Waals surface area contributed by atoms with Crippen molar-refractivity contribution in [2.24, 2.45) is 11.8 Å². The van der Waals surface area contributed by atoms with Gasteiger partial charge in [0.25, 0.3) is 0 Å². The lowest BCUT2D eigenvalue weighted by Crippen LogP contribution is -2.51. The molecule has 1 aliphatic rings. The van der Waals surface area contributed by atoms with E-state index in [1.54, 1.807) is 0 Å². The minimum absolute atomic E-state index is 0. The summed E-state index contributed by atoms with van der Waals surface area (Å²) in [5.41, 5.74) is 1.13. The van der Waals surface area contributed by atoms with Gasteiger partial charge in [0.2, 0.25) is 5.91 Å². The van der Waals surface area contributed by atoms with E-state index in [2.05, 4.69) is 43.5 Å². The lowest BCUT2D eigenvalue weighted by molar-refractivity contribution is -0.124. The second-order valence-corrected chi connectivity index (χ2v) is 6.36. The highest BCUT2D eigenvalue weighted by molar-refractivity contribution is 5.85. The lowest BCUT2D eigenvalue weighted by Gasteiger charge is -2.32. The number of halogens is 1. The van der Waals surface area contributed by atoms with Crippen LogP contribution < -0.4 is 10.6 Å². The van der Waals surface area contributed by atoms with E-state index in [1.807, 2.05) is 18.2 Å². The molecule has 1 fully saturated rings. The quantitative estimate of drug-likeness (QED) is 0.872. The molecule has 0 radical (unpaired) electrons. The maximum atomic E-state index is 12.8. The van der Waals surface area contributed by atoms with Crippen molar-refractivity contribution in [3.05, 3.63) is 35.9 Å². The Morgan fingerprint density at radius 2 is 2.05 bits per heavy atom. The minimum atomic E-state index is -0.0506. The van der Waals surface area contributed by atoms with Crippen molar-refractivity contribution in [1.29, 1.82) is 0 Å². The van der Waals surface area contributed by atoms with Gasteiger partial charge in [-0.2, -0.15) is 0 Å². The average molecular weight is 325 g/mol. The Hall–Kier alpha value is -1.06. The molecule has 4 unspecified atom stereocenters. The van der Waals surface area contributed by atoms with Crippen molar-refractivity contribution in [2.75, 3.05) is 13.1 Å². The van der Waals surface area contributed by atoms with Gasteiger partial charge in [-0.25, -0.2) is 0 Å². The number of carbonyl (C=O) groups is 1. The van der Waals surface area contributed by atoms with E-state index in [4.69, 9.17) is 0 Å². The fourth-order valence-electron chi connectivity index (χ4n) is 3.09. The molecule has 124 valence electrons. The van der Waals surface area contributed by atoms with Gasteiger partial charge in [-0.05, 0) is 30.4 Å². The van der Waals surface area contributed by atoms with Gasteiger partial charge in [-0.3, -0.25) is 4.79 Å². The molecule has 4 heteroatoms. The van der Waals surface area contributed by atoms with Crippen LogP contribution in [0.2, 0.25) is 0 Å². The second kappa shape index (κ2) is 9.16. The predicted octanol–water partition coefficient (Wildman–Crippen LogP) is 3.35. The van der Waals surface area contributed by atoms with Crippen LogP contribution in [0.15, 0.2) is 30.3 Å². The van der Waals surface area contributed by atoms with Gasteiger partial charge >= 0.3 is 0 Å². The third-order valence-electron chi connectivity index (χ3n) is 4.81. The maximum absolute atomic E-state index is 12.8. The molecule has 0 spiro atoms. The molecule has 4 atom stereocenters. The van der Waals surface area contributed by atoms with E-state index in [0.29, 0.717) is 11.8 Å². The van der Waals surface area contributed by atoms with Crippen molar-refractivity contribution < 1.29 is 4.79 Å². The first-order valence-corrected chi connectivity index (χ1v) is 8.19. The largest absolute Gasteiger partial charge is 0.351 e. The number of rotatable bonds is 5. The molecule has 3 nitrogen and oxygen atoms in total. The molecule has 1 saturated heterocycles. The Morgan fingerprint density at radius 1 is 1.36 bits per heavy atom.